The molecule has 6 heteroatoms. The van der Waals surface area contributed by atoms with Gasteiger partial charge in [0, 0.05) is 10.3 Å². The molecule has 112 valence electrons. The molecule has 0 amide bonds. The fourth-order valence-electron chi connectivity index (χ4n) is 2.37. The summed E-state index contributed by atoms with van der Waals surface area (Å²) in [6, 6.07) is 10.7. The molecule has 1 fully saturated rings. The fraction of sp³-hybridized carbons (Fsp3) is 0.333. The predicted molar refractivity (Wildman–Crippen MR) is 79.2 cm³/mol. The maximum Gasteiger partial charge on any atom is 0.136 e. The van der Waals surface area contributed by atoms with Gasteiger partial charge in [-0.3, -0.25) is 0 Å². The van der Waals surface area contributed by atoms with E-state index >= 15 is 0 Å². The molecular formula is C15H16O5S. The lowest BCUT2D eigenvalue weighted by Gasteiger charge is -2.34. The summed E-state index contributed by atoms with van der Waals surface area (Å²) < 4.78 is 5.40. The number of phenols is 1. The maximum absolute atomic E-state index is 9.99. The van der Waals surface area contributed by atoms with Crippen molar-refractivity contribution in [1.29, 1.82) is 0 Å². The average Bonchev–Trinajstić information content (AvgIpc) is 2.50. The number of hydrogen-bond donors (Lipinski definition) is 4. The van der Waals surface area contributed by atoms with Gasteiger partial charge in [0.2, 0.25) is 0 Å². The maximum atomic E-state index is 9.99. The monoisotopic (exact) mass is 308 g/mol. The molecule has 0 saturated carbocycles. The molecule has 0 spiro atoms. The summed E-state index contributed by atoms with van der Waals surface area (Å²) in [5.41, 5.74) is -0.670. The van der Waals surface area contributed by atoms with Crippen molar-refractivity contribution in [2.45, 2.75) is 28.6 Å². The normalized spacial score (nSPS) is 29.7. The van der Waals surface area contributed by atoms with Crippen LogP contribution in [0.25, 0.3) is 10.8 Å². The van der Waals surface area contributed by atoms with Crippen molar-refractivity contribution in [1.82, 2.24) is 0 Å². The topological polar surface area (TPSA) is 90.2 Å². The highest BCUT2D eigenvalue weighted by atomic mass is 32.2. The third-order valence-electron chi connectivity index (χ3n) is 3.56. The molecule has 4 atom stereocenters. The highest BCUT2D eigenvalue weighted by Gasteiger charge is 2.38. The Morgan fingerprint density at radius 1 is 0.952 bits per heavy atom. The molecule has 1 aliphatic heterocycles. The number of ether oxygens (including phenoxy) is 1. The van der Waals surface area contributed by atoms with Crippen LogP contribution in [-0.2, 0) is 4.74 Å². The van der Waals surface area contributed by atoms with Gasteiger partial charge in [-0.15, -0.1) is 0 Å². The van der Waals surface area contributed by atoms with Gasteiger partial charge in [0.1, 0.15) is 29.5 Å². The Labute approximate surface area is 125 Å². The number of hydrogen-bond acceptors (Lipinski definition) is 6. The summed E-state index contributed by atoms with van der Waals surface area (Å²) in [6.07, 6.45) is -3.47. The molecule has 1 aliphatic rings. The van der Waals surface area contributed by atoms with Crippen LogP contribution in [0, 0.1) is 0 Å². The van der Waals surface area contributed by atoms with E-state index in [4.69, 9.17) is 4.74 Å². The molecule has 1 heterocycles. The lowest BCUT2D eigenvalue weighted by Crippen LogP contribution is -2.51. The summed E-state index contributed by atoms with van der Waals surface area (Å²) in [5, 5.41) is 40.6. The van der Waals surface area contributed by atoms with Crippen LogP contribution in [0.3, 0.4) is 0 Å². The minimum Gasteiger partial charge on any atom is -0.507 e. The predicted octanol–water partition coefficient (Wildman–Crippen LogP) is 1.08. The minimum absolute atomic E-state index is 0.0219. The fourth-order valence-corrected chi connectivity index (χ4v) is 3.52. The summed E-state index contributed by atoms with van der Waals surface area (Å²) in [5.74, 6) is 0.190. The van der Waals surface area contributed by atoms with Gasteiger partial charge in [-0.25, -0.2) is 0 Å². The van der Waals surface area contributed by atoms with E-state index in [9.17, 15) is 20.4 Å². The first kappa shape index (κ1) is 14.6. The number of phenolic OH excluding ortho intramolecular Hbond substituents is 1. The van der Waals surface area contributed by atoms with E-state index in [1.807, 2.05) is 24.3 Å². The molecule has 3 rings (SSSR count). The highest BCUT2D eigenvalue weighted by molar-refractivity contribution is 8.00. The number of fused-ring (bicyclic) bond motifs is 1. The number of aliphatic hydroxyl groups is 3. The smallest absolute Gasteiger partial charge is 0.136 e. The Balaban J connectivity index is 1.90. The zero-order valence-corrected chi connectivity index (χ0v) is 11.9. The van der Waals surface area contributed by atoms with E-state index in [1.165, 1.54) is 11.8 Å². The summed E-state index contributed by atoms with van der Waals surface area (Å²) in [7, 11) is 0. The minimum atomic E-state index is -1.22. The lowest BCUT2D eigenvalue weighted by atomic mass is 10.1. The number of rotatable bonds is 2. The van der Waals surface area contributed by atoms with Gasteiger partial charge in [-0.1, -0.05) is 36.0 Å². The van der Waals surface area contributed by atoms with E-state index in [-0.39, 0.29) is 12.4 Å². The average molecular weight is 308 g/mol. The van der Waals surface area contributed by atoms with Crippen molar-refractivity contribution in [3.05, 3.63) is 36.4 Å². The molecule has 2 aromatic carbocycles. The SMILES string of the molecule is Oc1ccc(S[C@@H]2OC[C@@H](O)[C@H](O)[C@H]2O)c2ccccc12. The molecular weight excluding hydrogens is 292 g/mol. The molecule has 0 aliphatic carbocycles. The number of benzene rings is 2. The van der Waals surface area contributed by atoms with Crippen molar-refractivity contribution in [3.63, 3.8) is 0 Å². The van der Waals surface area contributed by atoms with Gasteiger partial charge in [-0.2, -0.15) is 0 Å². The first-order valence-electron chi connectivity index (χ1n) is 6.61. The molecule has 2 aromatic rings. The van der Waals surface area contributed by atoms with E-state index < -0.39 is 23.7 Å². The van der Waals surface area contributed by atoms with Crippen LogP contribution in [0.5, 0.6) is 5.75 Å². The Bertz CT molecular complexity index is 647. The van der Waals surface area contributed by atoms with Gasteiger partial charge in [0.05, 0.1) is 6.61 Å². The Hall–Kier alpha value is -1.31. The molecule has 21 heavy (non-hydrogen) atoms. The van der Waals surface area contributed by atoms with Crippen LogP contribution in [0.4, 0.5) is 0 Å². The van der Waals surface area contributed by atoms with Gasteiger partial charge in [0.15, 0.2) is 0 Å². The van der Waals surface area contributed by atoms with Crippen molar-refractivity contribution in [2.75, 3.05) is 6.61 Å². The Morgan fingerprint density at radius 2 is 1.67 bits per heavy atom. The second kappa shape index (κ2) is 5.82. The van der Waals surface area contributed by atoms with Crippen LogP contribution in [0.15, 0.2) is 41.3 Å². The van der Waals surface area contributed by atoms with Crippen LogP contribution < -0.4 is 0 Å². The van der Waals surface area contributed by atoms with Crippen molar-refractivity contribution in [2.24, 2.45) is 0 Å². The lowest BCUT2D eigenvalue weighted by molar-refractivity contribution is -0.161. The first-order valence-corrected chi connectivity index (χ1v) is 7.49. The quantitative estimate of drug-likeness (QED) is 0.664. The highest BCUT2D eigenvalue weighted by Crippen LogP contribution is 2.37. The van der Waals surface area contributed by atoms with E-state index in [2.05, 4.69) is 0 Å². The van der Waals surface area contributed by atoms with Crippen molar-refractivity contribution < 1.29 is 25.2 Å². The van der Waals surface area contributed by atoms with Crippen LogP contribution in [0.1, 0.15) is 0 Å². The van der Waals surface area contributed by atoms with Gasteiger partial charge < -0.3 is 25.2 Å². The van der Waals surface area contributed by atoms with Crippen molar-refractivity contribution in [3.8, 4) is 5.75 Å². The van der Waals surface area contributed by atoms with Gasteiger partial charge >= 0.3 is 0 Å². The van der Waals surface area contributed by atoms with Crippen LogP contribution in [0.2, 0.25) is 0 Å². The number of aromatic hydroxyl groups is 1. The van der Waals surface area contributed by atoms with Crippen LogP contribution >= 0.6 is 11.8 Å². The summed E-state index contributed by atoms with van der Waals surface area (Å²) >= 11 is 1.26. The second-order valence-electron chi connectivity index (χ2n) is 5.00. The van der Waals surface area contributed by atoms with Crippen LogP contribution in [-0.4, -0.2) is 50.8 Å². The third kappa shape index (κ3) is 2.73. The Kier molecular flexibility index (Phi) is 4.05. The summed E-state index contributed by atoms with van der Waals surface area (Å²) in [6.45, 7) is -0.0219. The zero-order chi connectivity index (χ0) is 15.0. The third-order valence-corrected chi connectivity index (χ3v) is 4.82. The van der Waals surface area contributed by atoms with E-state index in [0.29, 0.717) is 5.39 Å². The van der Waals surface area contributed by atoms with E-state index in [1.54, 1.807) is 12.1 Å². The summed E-state index contributed by atoms with van der Waals surface area (Å²) in [4.78, 5) is 0.830. The molecule has 0 radical (unpaired) electrons. The van der Waals surface area contributed by atoms with Gasteiger partial charge in [-0.05, 0) is 17.5 Å². The molecule has 0 bridgehead atoms. The van der Waals surface area contributed by atoms with Gasteiger partial charge in [0.25, 0.3) is 0 Å². The second-order valence-corrected chi connectivity index (χ2v) is 6.14. The standard InChI is InChI=1S/C15H16O5S/c16-10-5-6-12(9-4-2-1-3-8(9)10)21-15-14(19)13(18)11(17)7-20-15/h1-6,11,13-19H,7H2/t11-,13+,14-,15+/m1/s1. The van der Waals surface area contributed by atoms with E-state index in [0.717, 1.165) is 10.3 Å². The Morgan fingerprint density at radius 3 is 2.43 bits per heavy atom. The molecule has 4 N–H and O–H groups in total. The molecule has 0 aromatic heterocycles. The first-order chi connectivity index (χ1) is 10.1. The zero-order valence-electron chi connectivity index (χ0n) is 11.1. The number of thioether (sulfide) groups is 1. The molecule has 1 saturated heterocycles. The molecule has 0 unspecified atom stereocenters. The largest absolute Gasteiger partial charge is 0.507 e. The molecule has 5 nitrogen and oxygen atoms in total. The number of aliphatic hydroxyl groups excluding tert-OH is 3. The van der Waals surface area contributed by atoms with Crippen molar-refractivity contribution >= 4 is 22.5 Å².